The molecule has 1 heterocycles. The summed E-state index contributed by atoms with van der Waals surface area (Å²) in [6, 6.07) is 22.4. The average Bonchev–Trinajstić information content (AvgIpc) is 3.03. The Morgan fingerprint density at radius 1 is 0.903 bits per heavy atom. The summed E-state index contributed by atoms with van der Waals surface area (Å²) < 4.78 is 5.49. The molecule has 0 radical (unpaired) electrons. The molecule has 2 amide bonds. The number of aryl methyl sites for hydroxylation is 2. The fourth-order valence-corrected chi connectivity index (χ4v) is 3.73. The van der Waals surface area contributed by atoms with Gasteiger partial charge in [0.1, 0.15) is 11.4 Å². The molecule has 3 aromatic rings. The summed E-state index contributed by atoms with van der Waals surface area (Å²) in [6.07, 6.45) is 0.882. The molecular formula is C26H24N2O3. The van der Waals surface area contributed by atoms with Gasteiger partial charge in [-0.1, -0.05) is 49.4 Å². The molecule has 0 aromatic heterocycles. The zero-order valence-electron chi connectivity index (χ0n) is 17.8. The Morgan fingerprint density at radius 2 is 1.65 bits per heavy atom. The maximum atomic E-state index is 13.6. The van der Waals surface area contributed by atoms with Gasteiger partial charge in [-0.2, -0.15) is 0 Å². The number of anilines is 2. The summed E-state index contributed by atoms with van der Waals surface area (Å²) in [6.45, 7) is 4.04. The number of hydrogen-bond donors (Lipinski definition) is 1. The number of hydrogen-bond acceptors (Lipinski definition) is 4. The number of carbonyl (C=O) groups is 2. The van der Waals surface area contributed by atoms with Gasteiger partial charge < -0.3 is 10.1 Å². The van der Waals surface area contributed by atoms with Crippen LogP contribution >= 0.6 is 0 Å². The van der Waals surface area contributed by atoms with E-state index in [1.165, 1.54) is 4.90 Å². The standard InChI is InChI=1S/C26H24N2O3/c1-4-18-12-14-20(15-13-18)28-25(29)23(21-10-5-6-11-22(21)31-3)24(26(28)30)27-19-9-7-8-17(2)16-19/h5-16,27H,4H2,1-3H3. The number of imide groups is 1. The predicted octanol–water partition coefficient (Wildman–Crippen LogP) is 4.96. The van der Waals surface area contributed by atoms with Crippen LogP contribution in [0.4, 0.5) is 11.4 Å². The van der Waals surface area contributed by atoms with Crippen molar-refractivity contribution in [3.05, 3.63) is 95.2 Å². The number of ether oxygens (including phenoxy) is 1. The third-order valence-electron chi connectivity index (χ3n) is 5.35. The van der Waals surface area contributed by atoms with Gasteiger partial charge in [-0.15, -0.1) is 0 Å². The molecule has 0 saturated carbocycles. The Bertz CT molecular complexity index is 1180. The van der Waals surface area contributed by atoms with Crippen LogP contribution in [0.25, 0.3) is 5.57 Å². The van der Waals surface area contributed by atoms with E-state index in [0.717, 1.165) is 23.2 Å². The molecule has 1 aliphatic rings. The maximum Gasteiger partial charge on any atom is 0.282 e. The zero-order valence-corrected chi connectivity index (χ0v) is 17.8. The van der Waals surface area contributed by atoms with Crippen LogP contribution in [0, 0.1) is 6.92 Å². The van der Waals surface area contributed by atoms with Gasteiger partial charge in [-0.3, -0.25) is 9.59 Å². The van der Waals surface area contributed by atoms with Gasteiger partial charge in [-0.25, -0.2) is 4.90 Å². The van der Waals surface area contributed by atoms with Crippen molar-refractivity contribution in [1.82, 2.24) is 0 Å². The van der Waals surface area contributed by atoms with Crippen LogP contribution in [0.15, 0.2) is 78.5 Å². The third-order valence-corrected chi connectivity index (χ3v) is 5.35. The van der Waals surface area contributed by atoms with Gasteiger partial charge in [0.25, 0.3) is 11.8 Å². The molecule has 5 heteroatoms. The summed E-state index contributed by atoms with van der Waals surface area (Å²) in [7, 11) is 1.55. The number of benzene rings is 3. The van der Waals surface area contributed by atoms with Crippen molar-refractivity contribution in [3.63, 3.8) is 0 Å². The predicted molar refractivity (Wildman–Crippen MR) is 123 cm³/mol. The Labute approximate surface area is 182 Å². The molecule has 0 saturated heterocycles. The minimum atomic E-state index is -0.392. The number of nitrogens with zero attached hydrogens (tertiary/aromatic N) is 1. The molecule has 0 bridgehead atoms. The highest BCUT2D eigenvalue weighted by atomic mass is 16.5. The molecule has 1 aliphatic heterocycles. The van der Waals surface area contributed by atoms with E-state index in [1.807, 2.05) is 67.6 Å². The Hall–Kier alpha value is -3.86. The second-order valence-corrected chi connectivity index (χ2v) is 7.41. The van der Waals surface area contributed by atoms with E-state index in [2.05, 4.69) is 12.2 Å². The summed E-state index contributed by atoms with van der Waals surface area (Å²) >= 11 is 0. The average molecular weight is 412 g/mol. The number of amides is 2. The van der Waals surface area contributed by atoms with Crippen LogP contribution in [0.5, 0.6) is 5.75 Å². The topological polar surface area (TPSA) is 58.6 Å². The lowest BCUT2D eigenvalue weighted by atomic mass is 10.0. The van der Waals surface area contributed by atoms with E-state index in [-0.39, 0.29) is 11.6 Å². The molecule has 0 aliphatic carbocycles. The smallest absolute Gasteiger partial charge is 0.282 e. The first-order valence-corrected chi connectivity index (χ1v) is 10.2. The third kappa shape index (κ3) is 3.82. The molecule has 0 unspecified atom stereocenters. The molecule has 3 aromatic carbocycles. The number of methoxy groups -OCH3 is 1. The van der Waals surface area contributed by atoms with E-state index in [4.69, 9.17) is 4.74 Å². The molecule has 0 spiro atoms. The van der Waals surface area contributed by atoms with Crippen LogP contribution in [-0.4, -0.2) is 18.9 Å². The lowest BCUT2D eigenvalue weighted by molar-refractivity contribution is -0.120. The highest BCUT2D eigenvalue weighted by Gasteiger charge is 2.41. The van der Waals surface area contributed by atoms with Crippen LogP contribution in [0.3, 0.4) is 0 Å². The molecule has 31 heavy (non-hydrogen) atoms. The highest BCUT2D eigenvalue weighted by Crippen LogP contribution is 2.37. The summed E-state index contributed by atoms with van der Waals surface area (Å²) in [5.74, 6) is -0.240. The van der Waals surface area contributed by atoms with Crippen LogP contribution in [-0.2, 0) is 16.0 Å². The lowest BCUT2D eigenvalue weighted by Crippen LogP contribution is -2.32. The second-order valence-electron chi connectivity index (χ2n) is 7.41. The number of para-hydroxylation sites is 1. The molecule has 5 nitrogen and oxygen atoms in total. The van der Waals surface area contributed by atoms with E-state index < -0.39 is 5.91 Å². The molecule has 156 valence electrons. The first-order chi connectivity index (χ1) is 15.0. The molecular weight excluding hydrogens is 388 g/mol. The van der Waals surface area contributed by atoms with Gasteiger partial charge in [0.2, 0.25) is 0 Å². The Balaban J connectivity index is 1.84. The summed E-state index contributed by atoms with van der Waals surface area (Å²) in [5.41, 5.74) is 4.58. The van der Waals surface area contributed by atoms with E-state index in [9.17, 15) is 9.59 Å². The molecule has 0 fully saturated rings. The number of carbonyl (C=O) groups excluding carboxylic acids is 2. The monoisotopic (exact) mass is 412 g/mol. The van der Waals surface area contributed by atoms with Crippen molar-refractivity contribution in [2.24, 2.45) is 0 Å². The maximum absolute atomic E-state index is 13.6. The Kier molecular flexibility index (Phi) is 5.58. The number of rotatable bonds is 6. The zero-order chi connectivity index (χ0) is 22.0. The second kappa shape index (κ2) is 8.48. The number of nitrogens with one attached hydrogen (secondary N) is 1. The summed E-state index contributed by atoms with van der Waals surface area (Å²) in [5, 5.41) is 3.20. The van der Waals surface area contributed by atoms with Crippen molar-refractivity contribution in [3.8, 4) is 5.75 Å². The van der Waals surface area contributed by atoms with Crippen molar-refractivity contribution in [1.29, 1.82) is 0 Å². The first-order valence-electron chi connectivity index (χ1n) is 10.2. The van der Waals surface area contributed by atoms with Crippen LogP contribution in [0.2, 0.25) is 0 Å². The molecule has 0 atom stereocenters. The van der Waals surface area contributed by atoms with E-state index >= 15 is 0 Å². The normalized spacial score (nSPS) is 13.7. The molecule has 1 N–H and O–H groups in total. The fourth-order valence-electron chi connectivity index (χ4n) is 3.73. The quantitative estimate of drug-likeness (QED) is 0.581. The largest absolute Gasteiger partial charge is 0.496 e. The van der Waals surface area contributed by atoms with Crippen LogP contribution < -0.4 is 15.0 Å². The SMILES string of the molecule is CCc1ccc(N2C(=O)C(Nc3cccc(C)c3)=C(c3ccccc3OC)C2=O)cc1. The Morgan fingerprint density at radius 3 is 2.32 bits per heavy atom. The minimum absolute atomic E-state index is 0.236. The van der Waals surface area contributed by atoms with Crippen molar-refractivity contribution in [2.45, 2.75) is 20.3 Å². The van der Waals surface area contributed by atoms with E-state index in [0.29, 0.717) is 22.6 Å². The van der Waals surface area contributed by atoms with Gasteiger partial charge >= 0.3 is 0 Å². The van der Waals surface area contributed by atoms with Gasteiger partial charge in [0.05, 0.1) is 18.4 Å². The van der Waals surface area contributed by atoms with Gasteiger partial charge in [0, 0.05) is 11.3 Å². The molecule has 4 rings (SSSR count). The van der Waals surface area contributed by atoms with Crippen molar-refractivity contribution >= 4 is 28.8 Å². The van der Waals surface area contributed by atoms with Gasteiger partial charge in [-0.05, 0) is 54.8 Å². The summed E-state index contributed by atoms with van der Waals surface area (Å²) in [4.78, 5) is 28.3. The van der Waals surface area contributed by atoms with E-state index in [1.54, 1.807) is 19.2 Å². The van der Waals surface area contributed by atoms with Crippen molar-refractivity contribution < 1.29 is 14.3 Å². The van der Waals surface area contributed by atoms with Gasteiger partial charge in [0.15, 0.2) is 0 Å². The lowest BCUT2D eigenvalue weighted by Gasteiger charge is -2.16. The first kappa shape index (κ1) is 20.4. The fraction of sp³-hybridized carbons (Fsp3) is 0.154. The highest BCUT2D eigenvalue weighted by molar-refractivity contribution is 6.46. The minimum Gasteiger partial charge on any atom is -0.496 e. The van der Waals surface area contributed by atoms with Crippen molar-refractivity contribution in [2.75, 3.05) is 17.3 Å². The van der Waals surface area contributed by atoms with Crippen LogP contribution in [0.1, 0.15) is 23.6 Å².